The van der Waals surface area contributed by atoms with Gasteiger partial charge in [0, 0.05) is 0 Å². The van der Waals surface area contributed by atoms with Crippen molar-refractivity contribution in [2.45, 2.75) is 13.3 Å². The van der Waals surface area contributed by atoms with E-state index in [-0.39, 0.29) is 0 Å². The highest BCUT2D eigenvalue weighted by molar-refractivity contribution is 5.90. The predicted molar refractivity (Wildman–Crippen MR) is 84.9 cm³/mol. The molecule has 0 bridgehead atoms. The van der Waals surface area contributed by atoms with Crippen molar-refractivity contribution in [2.24, 2.45) is 0 Å². The topological polar surface area (TPSA) is 0 Å². The van der Waals surface area contributed by atoms with E-state index in [2.05, 4.69) is 73.7 Å². The van der Waals surface area contributed by atoms with E-state index in [0.717, 1.165) is 6.42 Å². The van der Waals surface area contributed by atoms with Gasteiger partial charge in [0.15, 0.2) is 0 Å². The van der Waals surface area contributed by atoms with E-state index in [1.165, 1.54) is 38.9 Å². The highest BCUT2D eigenvalue weighted by atomic mass is 14.2. The lowest BCUT2D eigenvalue weighted by molar-refractivity contribution is 1.26. The third-order valence-electron chi connectivity index (χ3n) is 4.15. The van der Waals surface area contributed by atoms with Crippen LogP contribution in [0.4, 0.5) is 0 Å². The lowest BCUT2D eigenvalue weighted by Crippen LogP contribution is -1.86. The lowest BCUT2D eigenvalue weighted by Gasteiger charge is -2.10. The van der Waals surface area contributed by atoms with Gasteiger partial charge in [-0.15, -0.1) is 0 Å². The molecule has 0 saturated carbocycles. The predicted octanol–water partition coefficient (Wildman–Crippen LogP) is 5.23. The van der Waals surface area contributed by atoms with E-state index in [1.807, 2.05) is 0 Å². The number of hydrogen-bond acceptors (Lipinski definition) is 0. The van der Waals surface area contributed by atoms with E-state index in [1.54, 1.807) is 0 Å². The van der Waals surface area contributed by atoms with Gasteiger partial charge in [0.25, 0.3) is 0 Å². The van der Waals surface area contributed by atoms with Crippen LogP contribution in [-0.2, 0) is 6.42 Å². The van der Waals surface area contributed by atoms with Crippen LogP contribution < -0.4 is 0 Å². The normalized spacial score (nSPS) is 12.1. The second-order valence-corrected chi connectivity index (χ2v) is 5.54. The fourth-order valence-electron chi connectivity index (χ4n) is 3.24. The fourth-order valence-corrected chi connectivity index (χ4v) is 3.24. The number of aryl methyl sites for hydroxylation is 1. The van der Waals surface area contributed by atoms with Crippen LogP contribution in [0.1, 0.15) is 16.7 Å². The molecule has 1 aliphatic rings. The second-order valence-electron chi connectivity index (χ2n) is 5.54. The van der Waals surface area contributed by atoms with Crippen LogP contribution in [0.15, 0.2) is 66.7 Å². The highest BCUT2D eigenvalue weighted by Gasteiger charge is 2.21. The molecular weight excluding hydrogens is 240 g/mol. The minimum Gasteiger partial charge on any atom is -0.0619 e. The number of hydrogen-bond donors (Lipinski definition) is 0. The van der Waals surface area contributed by atoms with Gasteiger partial charge in [-0.3, -0.25) is 0 Å². The van der Waals surface area contributed by atoms with Crippen LogP contribution >= 0.6 is 0 Å². The first-order valence-corrected chi connectivity index (χ1v) is 7.10. The standard InChI is InChI=1S/C20H16/c1-14-6-4-8-15(12-14)19-11-5-9-17-13-16-7-2-3-10-18(16)20(17)19/h2-12H,13H2,1H3. The summed E-state index contributed by atoms with van der Waals surface area (Å²) in [5.41, 5.74) is 9.71. The Labute approximate surface area is 119 Å². The number of rotatable bonds is 1. The van der Waals surface area contributed by atoms with Crippen molar-refractivity contribution in [2.75, 3.05) is 0 Å². The maximum atomic E-state index is 2.27. The summed E-state index contributed by atoms with van der Waals surface area (Å²) in [5.74, 6) is 0. The van der Waals surface area contributed by atoms with Gasteiger partial charge in [-0.25, -0.2) is 0 Å². The Morgan fingerprint density at radius 2 is 1.45 bits per heavy atom. The van der Waals surface area contributed by atoms with Crippen LogP contribution in [0.5, 0.6) is 0 Å². The summed E-state index contributed by atoms with van der Waals surface area (Å²) in [6.45, 7) is 2.15. The zero-order valence-corrected chi connectivity index (χ0v) is 11.6. The first-order valence-electron chi connectivity index (χ1n) is 7.10. The van der Waals surface area contributed by atoms with Crippen molar-refractivity contribution in [1.29, 1.82) is 0 Å². The lowest BCUT2D eigenvalue weighted by atomic mass is 9.93. The Hall–Kier alpha value is -2.34. The van der Waals surface area contributed by atoms with Crippen LogP contribution in [0.3, 0.4) is 0 Å². The monoisotopic (exact) mass is 256 g/mol. The van der Waals surface area contributed by atoms with Crippen LogP contribution in [-0.4, -0.2) is 0 Å². The largest absolute Gasteiger partial charge is 0.0619 e. The van der Waals surface area contributed by atoms with Crippen LogP contribution in [0.25, 0.3) is 22.3 Å². The molecule has 0 N–H and O–H groups in total. The van der Waals surface area contributed by atoms with E-state index < -0.39 is 0 Å². The van der Waals surface area contributed by atoms with Crippen molar-refractivity contribution in [3.63, 3.8) is 0 Å². The molecule has 3 aromatic carbocycles. The molecule has 0 saturated heterocycles. The van der Waals surface area contributed by atoms with Crippen LogP contribution in [0, 0.1) is 6.92 Å². The molecule has 20 heavy (non-hydrogen) atoms. The Morgan fingerprint density at radius 1 is 0.700 bits per heavy atom. The molecule has 0 spiro atoms. The molecule has 0 fully saturated rings. The molecule has 0 amide bonds. The van der Waals surface area contributed by atoms with Crippen molar-refractivity contribution in [3.05, 3.63) is 83.4 Å². The molecule has 0 aromatic heterocycles. The van der Waals surface area contributed by atoms with Crippen molar-refractivity contribution in [3.8, 4) is 22.3 Å². The molecule has 96 valence electrons. The first kappa shape index (κ1) is 11.5. The summed E-state index contributed by atoms with van der Waals surface area (Å²) < 4.78 is 0. The molecule has 4 rings (SSSR count). The summed E-state index contributed by atoms with van der Waals surface area (Å²) in [4.78, 5) is 0. The van der Waals surface area contributed by atoms with E-state index >= 15 is 0 Å². The summed E-state index contributed by atoms with van der Waals surface area (Å²) >= 11 is 0. The second kappa shape index (κ2) is 4.35. The number of fused-ring (bicyclic) bond motifs is 3. The van der Waals surface area contributed by atoms with Gasteiger partial charge in [-0.05, 0) is 46.7 Å². The molecule has 0 atom stereocenters. The molecule has 0 heterocycles. The van der Waals surface area contributed by atoms with Crippen molar-refractivity contribution in [1.82, 2.24) is 0 Å². The SMILES string of the molecule is Cc1cccc(-c2cccc3c2-c2ccccc2C3)c1. The number of benzene rings is 3. The summed E-state index contributed by atoms with van der Waals surface area (Å²) in [5, 5.41) is 0. The molecule has 1 aliphatic carbocycles. The minimum absolute atomic E-state index is 1.06. The van der Waals surface area contributed by atoms with E-state index in [4.69, 9.17) is 0 Å². The molecule has 0 unspecified atom stereocenters. The van der Waals surface area contributed by atoms with Gasteiger partial charge in [-0.1, -0.05) is 72.3 Å². The summed E-state index contributed by atoms with van der Waals surface area (Å²) in [6.07, 6.45) is 1.06. The Morgan fingerprint density at radius 3 is 2.35 bits per heavy atom. The Bertz CT molecular complexity index is 797. The zero-order chi connectivity index (χ0) is 13.5. The van der Waals surface area contributed by atoms with E-state index in [9.17, 15) is 0 Å². The first-order chi connectivity index (χ1) is 9.83. The third kappa shape index (κ3) is 1.69. The molecule has 0 radical (unpaired) electrons. The van der Waals surface area contributed by atoms with Gasteiger partial charge in [-0.2, -0.15) is 0 Å². The van der Waals surface area contributed by atoms with Gasteiger partial charge in [0.2, 0.25) is 0 Å². The van der Waals surface area contributed by atoms with Gasteiger partial charge >= 0.3 is 0 Å². The highest BCUT2D eigenvalue weighted by Crippen LogP contribution is 2.42. The third-order valence-corrected chi connectivity index (χ3v) is 4.15. The molecule has 0 heteroatoms. The quantitative estimate of drug-likeness (QED) is 0.437. The summed E-state index contributed by atoms with van der Waals surface area (Å²) in [7, 11) is 0. The molecule has 3 aromatic rings. The van der Waals surface area contributed by atoms with Gasteiger partial charge in [0.05, 0.1) is 0 Å². The van der Waals surface area contributed by atoms with Crippen molar-refractivity contribution >= 4 is 0 Å². The maximum absolute atomic E-state index is 2.27. The maximum Gasteiger partial charge on any atom is -0.00132 e. The average molecular weight is 256 g/mol. The molecule has 0 nitrogen and oxygen atoms in total. The molecular formula is C20H16. The van der Waals surface area contributed by atoms with Gasteiger partial charge < -0.3 is 0 Å². The van der Waals surface area contributed by atoms with Crippen LogP contribution in [0.2, 0.25) is 0 Å². The van der Waals surface area contributed by atoms with Gasteiger partial charge in [0.1, 0.15) is 0 Å². The summed E-state index contributed by atoms with van der Waals surface area (Å²) in [6, 6.07) is 24.2. The Kier molecular flexibility index (Phi) is 2.50. The van der Waals surface area contributed by atoms with Crippen molar-refractivity contribution < 1.29 is 0 Å². The smallest absolute Gasteiger partial charge is 0.00132 e. The fraction of sp³-hybridized carbons (Fsp3) is 0.100. The van der Waals surface area contributed by atoms with E-state index in [0.29, 0.717) is 0 Å². The molecule has 0 aliphatic heterocycles. The average Bonchev–Trinajstić information content (AvgIpc) is 2.85. The Balaban J connectivity index is 2.00. The minimum atomic E-state index is 1.06. The zero-order valence-electron chi connectivity index (χ0n) is 11.6.